The molecule has 0 aliphatic rings. The van der Waals surface area contributed by atoms with Crippen LogP contribution in [0.5, 0.6) is 6.01 Å². The quantitative estimate of drug-likeness (QED) is 0.923. The van der Waals surface area contributed by atoms with Crippen LogP contribution in [-0.2, 0) is 0 Å². The summed E-state index contributed by atoms with van der Waals surface area (Å²) < 4.78 is 31.3. The Bertz CT molecular complexity index is 560. The summed E-state index contributed by atoms with van der Waals surface area (Å²) >= 11 is 0. The van der Waals surface area contributed by atoms with E-state index < -0.39 is 5.82 Å². The second-order valence-corrected chi connectivity index (χ2v) is 3.95. The van der Waals surface area contributed by atoms with Gasteiger partial charge in [-0.2, -0.15) is 4.98 Å². The number of aromatic nitrogens is 2. The van der Waals surface area contributed by atoms with Gasteiger partial charge in [0, 0.05) is 0 Å². The summed E-state index contributed by atoms with van der Waals surface area (Å²) in [7, 11) is 0. The summed E-state index contributed by atoms with van der Waals surface area (Å²) in [6, 6.07) is 5.94. The van der Waals surface area contributed by atoms with E-state index in [0.29, 0.717) is 6.42 Å². The smallest absolute Gasteiger partial charge is 0.319 e. The number of hydrogen-bond donors (Lipinski definition) is 1. The number of nitrogens with zero attached hydrogens (tertiary/aromatic N) is 2. The van der Waals surface area contributed by atoms with Gasteiger partial charge in [-0.25, -0.2) is 13.8 Å². The molecule has 0 saturated carbocycles. The molecule has 2 aromatic rings. The number of nitrogens with two attached hydrogens (primary N) is 1. The van der Waals surface area contributed by atoms with Crippen LogP contribution in [0.1, 0.15) is 25.0 Å². The normalized spacial score (nSPS) is 12.2. The molecule has 0 amide bonds. The van der Waals surface area contributed by atoms with Crippen LogP contribution in [0.4, 0.5) is 14.6 Å². The summed E-state index contributed by atoms with van der Waals surface area (Å²) in [6.45, 7) is 1.90. The number of benzene rings is 1. The second kappa shape index (κ2) is 5.60. The van der Waals surface area contributed by atoms with Crippen molar-refractivity contribution in [1.29, 1.82) is 0 Å². The van der Waals surface area contributed by atoms with Crippen LogP contribution in [-0.4, -0.2) is 9.97 Å². The predicted molar refractivity (Wildman–Crippen MR) is 66.5 cm³/mol. The number of anilines is 1. The minimum absolute atomic E-state index is 0.00456. The van der Waals surface area contributed by atoms with E-state index in [0.717, 1.165) is 11.8 Å². The number of hydrogen-bond acceptors (Lipinski definition) is 4. The van der Waals surface area contributed by atoms with Crippen molar-refractivity contribution in [3.8, 4) is 6.01 Å². The maximum atomic E-state index is 12.9. The highest BCUT2D eigenvalue weighted by Crippen LogP contribution is 2.23. The molecule has 0 fully saturated rings. The highest BCUT2D eigenvalue weighted by Gasteiger charge is 2.14. The van der Waals surface area contributed by atoms with Gasteiger partial charge in [0.05, 0.1) is 6.20 Å². The Labute approximate surface area is 109 Å². The lowest BCUT2D eigenvalue weighted by Crippen LogP contribution is -2.10. The average Bonchev–Trinajstić information content (AvgIpc) is 2.41. The zero-order valence-corrected chi connectivity index (χ0v) is 10.3. The zero-order valence-electron chi connectivity index (χ0n) is 10.3. The average molecular weight is 265 g/mol. The molecule has 2 N–H and O–H groups in total. The molecule has 1 aromatic carbocycles. The summed E-state index contributed by atoms with van der Waals surface area (Å²) in [5.74, 6) is -1.28. The molecule has 1 atom stereocenters. The Morgan fingerprint density at radius 1 is 1.26 bits per heavy atom. The molecule has 0 aliphatic carbocycles. The minimum atomic E-state index is -0.692. The molecule has 1 aromatic heterocycles. The van der Waals surface area contributed by atoms with Crippen molar-refractivity contribution in [3.63, 3.8) is 0 Å². The molecule has 0 bridgehead atoms. The van der Waals surface area contributed by atoms with Crippen molar-refractivity contribution in [1.82, 2.24) is 9.97 Å². The van der Waals surface area contributed by atoms with Gasteiger partial charge >= 0.3 is 6.01 Å². The van der Waals surface area contributed by atoms with Crippen molar-refractivity contribution in [2.24, 2.45) is 0 Å². The molecule has 1 unspecified atom stereocenters. The Morgan fingerprint density at radius 3 is 2.53 bits per heavy atom. The number of ether oxygens (including phenoxy) is 1. The van der Waals surface area contributed by atoms with Crippen LogP contribution in [0, 0.1) is 11.6 Å². The standard InChI is InChI=1S/C13H13F2N3O/c1-2-11(8-3-5-9(14)6-4-8)19-13-17-7-10(15)12(16)18-13/h3-7,11H,2H2,1H3,(H2,16,17,18). The fraction of sp³-hybridized carbons (Fsp3) is 0.231. The van der Waals surface area contributed by atoms with Crippen molar-refractivity contribution in [2.75, 3.05) is 5.73 Å². The lowest BCUT2D eigenvalue weighted by atomic mass is 10.1. The van der Waals surface area contributed by atoms with Gasteiger partial charge in [-0.15, -0.1) is 0 Å². The van der Waals surface area contributed by atoms with Crippen LogP contribution in [0.3, 0.4) is 0 Å². The molecule has 0 radical (unpaired) electrons. The van der Waals surface area contributed by atoms with Crippen molar-refractivity contribution in [3.05, 3.63) is 47.7 Å². The highest BCUT2D eigenvalue weighted by molar-refractivity contribution is 5.29. The number of nitrogen functional groups attached to an aromatic ring is 1. The maximum absolute atomic E-state index is 12.9. The largest absolute Gasteiger partial charge is 0.455 e. The molecule has 19 heavy (non-hydrogen) atoms. The van der Waals surface area contributed by atoms with Gasteiger partial charge in [0.15, 0.2) is 11.6 Å². The lowest BCUT2D eigenvalue weighted by molar-refractivity contribution is 0.183. The molecule has 6 heteroatoms. The maximum Gasteiger partial charge on any atom is 0.319 e. The third-order valence-corrected chi connectivity index (χ3v) is 2.61. The Hall–Kier alpha value is -2.24. The molecule has 0 spiro atoms. The van der Waals surface area contributed by atoms with Crippen LogP contribution in [0.25, 0.3) is 0 Å². The molecule has 0 aliphatic heterocycles. The van der Waals surface area contributed by atoms with Gasteiger partial charge in [0.25, 0.3) is 0 Å². The Morgan fingerprint density at radius 2 is 1.95 bits per heavy atom. The van der Waals surface area contributed by atoms with E-state index >= 15 is 0 Å². The third-order valence-electron chi connectivity index (χ3n) is 2.61. The predicted octanol–water partition coefficient (Wildman–Crippen LogP) is 2.87. The van der Waals surface area contributed by atoms with Crippen LogP contribution < -0.4 is 10.5 Å². The van der Waals surface area contributed by atoms with E-state index in [9.17, 15) is 8.78 Å². The SMILES string of the molecule is CCC(Oc1ncc(F)c(N)n1)c1ccc(F)cc1. The molecule has 100 valence electrons. The molecular weight excluding hydrogens is 252 g/mol. The first-order chi connectivity index (χ1) is 9.10. The first-order valence-corrected chi connectivity index (χ1v) is 5.80. The van der Waals surface area contributed by atoms with E-state index in [1.165, 1.54) is 12.1 Å². The highest BCUT2D eigenvalue weighted by atomic mass is 19.1. The van der Waals surface area contributed by atoms with E-state index in [2.05, 4.69) is 9.97 Å². The van der Waals surface area contributed by atoms with E-state index in [1.54, 1.807) is 12.1 Å². The molecule has 4 nitrogen and oxygen atoms in total. The van der Waals surface area contributed by atoms with Crippen molar-refractivity contribution < 1.29 is 13.5 Å². The van der Waals surface area contributed by atoms with Gasteiger partial charge in [0.2, 0.25) is 0 Å². The first kappa shape index (κ1) is 13.2. The van der Waals surface area contributed by atoms with E-state index in [-0.39, 0.29) is 23.7 Å². The minimum Gasteiger partial charge on any atom is -0.455 e. The van der Waals surface area contributed by atoms with E-state index in [1.807, 2.05) is 6.92 Å². The molecule has 1 heterocycles. The van der Waals surface area contributed by atoms with Gasteiger partial charge < -0.3 is 10.5 Å². The van der Waals surface area contributed by atoms with Gasteiger partial charge in [-0.3, -0.25) is 0 Å². The third kappa shape index (κ3) is 3.15. The van der Waals surface area contributed by atoms with Gasteiger partial charge in [-0.05, 0) is 24.1 Å². The van der Waals surface area contributed by atoms with Crippen molar-refractivity contribution >= 4 is 5.82 Å². The van der Waals surface area contributed by atoms with E-state index in [4.69, 9.17) is 10.5 Å². The lowest BCUT2D eigenvalue weighted by Gasteiger charge is -2.16. The summed E-state index contributed by atoms with van der Waals surface area (Å²) in [6.07, 6.45) is 1.24. The fourth-order valence-electron chi connectivity index (χ4n) is 1.61. The topological polar surface area (TPSA) is 61.0 Å². The van der Waals surface area contributed by atoms with Crippen LogP contribution in [0.2, 0.25) is 0 Å². The summed E-state index contributed by atoms with van der Waals surface area (Å²) in [4.78, 5) is 7.41. The number of rotatable bonds is 4. The van der Waals surface area contributed by atoms with Crippen LogP contribution in [0.15, 0.2) is 30.5 Å². The monoisotopic (exact) mass is 265 g/mol. The number of halogens is 2. The zero-order chi connectivity index (χ0) is 13.8. The second-order valence-electron chi connectivity index (χ2n) is 3.95. The summed E-state index contributed by atoms with van der Waals surface area (Å²) in [5.41, 5.74) is 6.13. The van der Waals surface area contributed by atoms with Crippen molar-refractivity contribution in [2.45, 2.75) is 19.4 Å². The Balaban J connectivity index is 2.18. The van der Waals surface area contributed by atoms with Gasteiger partial charge in [-0.1, -0.05) is 19.1 Å². The summed E-state index contributed by atoms with van der Waals surface area (Å²) in [5, 5.41) is 0. The Kier molecular flexibility index (Phi) is 3.89. The van der Waals surface area contributed by atoms with Crippen LogP contribution >= 0.6 is 0 Å². The molecular formula is C13H13F2N3O. The van der Waals surface area contributed by atoms with Gasteiger partial charge in [0.1, 0.15) is 11.9 Å². The molecule has 0 saturated heterocycles. The molecule has 2 rings (SSSR count). The first-order valence-electron chi connectivity index (χ1n) is 5.80. The fourth-order valence-corrected chi connectivity index (χ4v) is 1.61.